The van der Waals surface area contributed by atoms with E-state index in [4.69, 9.17) is 0 Å². The molecular weight excluding hydrogens is 426 g/mol. The molecule has 8 nitrogen and oxygen atoms in total. The Morgan fingerprint density at radius 2 is 2.00 bits per heavy atom. The fraction of sp³-hybridized carbons (Fsp3) is 0.217. The Kier molecular flexibility index (Phi) is 6.27. The molecule has 0 aliphatic rings. The van der Waals surface area contributed by atoms with Crippen LogP contribution in [0.3, 0.4) is 0 Å². The first-order valence-electron chi connectivity index (χ1n) is 10.1. The van der Waals surface area contributed by atoms with Gasteiger partial charge >= 0.3 is 5.97 Å². The van der Waals surface area contributed by atoms with Crippen LogP contribution < -0.4 is 5.32 Å². The summed E-state index contributed by atoms with van der Waals surface area (Å²) in [6.07, 6.45) is 1.98. The van der Waals surface area contributed by atoms with Gasteiger partial charge in [0.15, 0.2) is 11.0 Å². The SMILES string of the molecule is Cc1cccc(-c2nnc(SCC(=O)N[C@H](Cc3c[nH]c4ccccc34)C(=O)O)n2C)c1. The van der Waals surface area contributed by atoms with Crippen LogP contribution in [-0.4, -0.2) is 48.5 Å². The molecule has 0 aliphatic carbocycles. The van der Waals surface area contributed by atoms with Crippen LogP contribution in [-0.2, 0) is 23.1 Å². The number of fused-ring (bicyclic) bond motifs is 1. The molecule has 1 atom stereocenters. The van der Waals surface area contributed by atoms with Crippen molar-refractivity contribution in [1.82, 2.24) is 25.1 Å². The number of carbonyl (C=O) groups is 2. The Balaban J connectivity index is 1.40. The molecule has 0 saturated carbocycles. The van der Waals surface area contributed by atoms with Crippen LogP contribution in [0.25, 0.3) is 22.3 Å². The molecule has 0 spiro atoms. The number of aromatic amines is 1. The number of carboxylic acids is 1. The molecule has 3 N–H and O–H groups in total. The maximum atomic E-state index is 12.5. The number of aromatic nitrogens is 4. The maximum absolute atomic E-state index is 12.5. The Morgan fingerprint density at radius 1 is 1.19 bits per heavy atom. The highest BCUT2D eigenvalue weighted by atomic mass is 32.2. The van der Waals surface area contributed by atoms with E-state index >= 15 is 0 Å². The Hall–Kier alpha value is -3.59. The molecule has 0 fully saturated rings. The first-order chi connectivity index (χ1) is 15.4. The molecule has 4 aromatic rings. The molecule has 9 heteroatoms. The number of nitrogens with zero attached hydrogens (tertiary/aromatic N) is 3. The zero-order chi connectivity index (χ0) is 22.7. The lowest BCUT2D eigenvalue weighted by atomic mass is 10.1. The van der Waals surface area contributed by atoms with Gasteiger partial charge in [-0.3, -0.25) is 4.79 Å². The standard InChI is InChI=1S/C23H23N5O3S/c1-14-6-5-7-15(10-14)21-26-27-23(28(21)2)32-13-20(29)25-19(22(30)31)11-16-12-24-18-9-4-3-8-17(16)18/h3-10,12,19,24H,11,13H2,1-2H3,(H,25,29)(H,30,31)/t19-/m1/s1. The number of rotatable bonds is 8. The maximum Gasteiger partial charge on any atom is 0.326 e. The van der Waals surface area contributed by atoms with Crippen molar-refractivity contribution >= 4 is 34.5 Å². The average molecular weight is 450 g/mol. The fourth-order valence-corrected chi connectivity index (χ4v) is 4.28. The number of aliphatic carboxylic acids is 1. The second kappa shape index (κ2) is 9.27. The third kappa shape index (κ3) is 4.67. The number of nitrogens with one attached hydrogen (secondary N) is 2. The van der Waals surface area contributed by atoms with Crippen molar-refractivity contribution in [3.8, 4) is 11.4 Å². The summed E-state index contributed by atoms with van der Waals surface area (Å²) in [5, 5.41) is 22.2. The highest BCUT2D eigenvalue weighted by Gasteiger charge is 2.22. The second-order valence-corrected chi connectivity index (χ2v) is 8.49. The highest BCUT2D eigenvalue weighted by Crippen LogP contribution is 2.23. The van der Waals surface area contributed by atoms with E-state index in [1.807, 2.05) is 67.1 Å². The molecule has 0 unspecified atom stereocenters. The van der Waals surface area contributed by atoms with Crippen LogP contribution in [0, 0.1) is 6.92 Å². The van der Waals surface area contributed by atoms with Crippen LogP contribution in [0.2, 0.25) is 0 Å². The van der Waals surface area contributed by atoms with Gasteiger partial charge in [0.1, 0.15) is 6.04 Å². The summed E-state index contributed by atoms with van der Waals surface area (Å²) in [5.41, 5.74) is 3.84. The van der Waals surface area contributed by atoms with Gasteiger partial charge in [-0.15, -0.1) is 10.2 Å². The predicted octanol–water partition coefficient (Wildman–Crippen LogP) is 3.18. The molecule has 4 rings (SSSR count). The number of H-pyrrole nitrogens is 1. The molecule has 0 saturated heterocycles. The fourth-order valence-electron chi connectivity index (χ4n) is 3.56. The Labute approximate surface area is 189 Å². The summed E-state index contributed by atoms with van der Waals surface area (Å²) in [7, 11) is 1.84. The van der Waals surface area contributed by atoms with Crippen LogP contribution >= 0.6 is 11.8 Å². The predicted molar refractivity (Wildman–Crippen MR) is 123 cm³/mol. The van der Waals surface area contributed by atoms with Crippen molar-refractivity contribution < 1.29 is 14.7 Å². The Bertz CT molecular complexity index is 1280. The van der Waals surface area contributed by atoms with Crippen LogP contribution in [0.4, 0.5) is 0 Å². The molecule has 2 aromatic carbocycles. The number of carboxylic acid groups (broad SMARTS) is 1. The second-order valence-electron chi connectivity index (χ2n) is 7.55. The number of thioether (sulfide) groups is 1. The van der Waals surface area contributed by atoms with E-state index in [1.165, 1.54) is 11.8 Å². The number of hydrogen-bond acceptors (Lipinski definition) is 5. The van der Waals surface area contributed by atoms with E-state index in [0.717, 1.165) is 27.6 Å². The van der Waals surface area contributed by atoms with Gasteiger partial charge in [0.2, 0.25) is 5.91 Å². The van der Waals surface area contributed by atoms with Crippen LogP contribution in [0.15, 0.2) is 59.9 Å². The van der Waals surface area contributed by atoms with Crippen molar-refractivity contribution in [2.75, 3.05) is 5.75 Å². The van der Waals surface area contributed by atoms with Gasteiger partial charge in [0.25, 0.3) is 0 Å². The molecule has 0 radical (unpaired) electrons. The van der Waals surface area contributed by atoms with E-state index in [1.54, 1.807) is 6.20 Å². The summed E-state index contributed by atoms with van der Waals surface area (Å²) in [6.45, 7) is 2.01. The number of benzene rings is 2. The van der Waals surface area contributed by atoms with Crippen molar-refractivity contribution in [3.05, 3.63) is 65.9 Å². The summed E-state index contributed by atoms with van der Waals surface area (Å²) in [6, 6.07) is 14.6. The minimum absolute atomic E-state index is 0.0391. The first-order valence-corrected chi connectivity index (χ1v) is 11.1. The van der Waals surface area contributed by atoms with Crippen molar-refractivity contribution in [1.29, 1.82) is 0 Å². The van der Waals surface area contributed by atoms with E-state index < -0.39 is 12.0 Å². The quantitative estimate of drug-likeness (QED) is 0.356. The molecule has 1 amide bonds. The number of para-hydroxylation sites is 1. The molecular formula is C23H23N5O3S. The van der Waals surface area contributed by atoms with Crippen LogP contribution in [0.5, 0.6) is 0 Å². The summed E-state index contributed by atoms with van der Waals surface area (Å²) in [5.74, 6) is -0.701. The van der Waals surface area contributed by atoms with Crippen LogP contribution in [0.1, 0.15) is 11.1 Å². The third-order valence-corrected chi connectivity index (χ3v) is 6.20. The van der Waals surface area contributed by atoms with E-state index in [9.17, 15) is 14.7 Å². The molecule has 2 aromatic heterocycles. The minimum atomic E-state index is -1.07. The van der Waals surface area contributed by atoms with Crippen molar-refractivity contribution in [2.45, 2.75) is 24.5 Å². The number of carbonyl (C=O) groups excluding carboxylic acids is 1. The average Bonchev–Trinajstić information content (AvgIpc) is 3.35. The number of hydrogen-bond donors (Lipinski definition) is 3. The topological polar surface area (TPSA) is 113 Å². The third-order valence-electron chi connectivity index (χ3n) is 5.18. The van der Waals surface area contributed by atoms with Gasteiger partial charge in [0, 0.05) is 36.1 Å². The molecule has 2 heterocycles. The van der Waals surface area contributed by atoms with E-state index in [2.05, 4.69) is 20.5 Å². The van der Waals surface area contributed by atoms with Crippen molar-refractivity contribution in [3.63, 3.8) is 0 Å². The monoisotopic (exact) mass is 449 g/mol. The smallest absolute Gasteiger partial charge is 0.326 e. The molecule has 32 heavy (non-hydrogen) atoms. The largest absolute Gasteiger partial charge is 0.480 e. The lowest BCUT2D eigenvalue weighted by molar-refractivity contribution is -0.141. The molecule has 0 bridgehead atoms. The summed E-state index contributed by atoms with van der Waals surface area (Å²) < 4.78 is 1.83. The zero-order valence-electron chi connectivity index (χ0n) is 17.7. The highest BCUT2D eigenvalue weighted by molar-refractivity contribution is 7.99. The van der Waals surface area contributed by atoms with Gasteiger partial charge in [0.05, 0.1) is 5.75 Å². The van der Waals surface area contributed by atoms with E-state index in [0.29, 0.717) is 11.0 Å². The van der Waals surface area contributed by atoms with Gasteiger partial charge in [-0.05, 0) is 24.6 Å². The van der Waals surface area contributed by atoms with Gasteiger partial charge in [-0.1, -0.05) is 53.7 Å². The normalized spacial score (nSPS) is 12.1. The molecule has 164 valence electrons. The minimum Gasteiger partial charge on any atom is -0.480 e. The molecule has 0 aliphatic heterocycles. The van der Waals surface area contributed by atoms with Crippen molar-refractivity contribution in [2.24, 2.45) is 7.05 Å². The number of aryl methyl sites for hydroxylation is 1. The van der Waals surface area contributed by atoms with Gasteiger partial charge < -0.3 is 20.0 Å². The number of amides is 1. The Morgan fingerprint density at radius 3 is 2.78 bits per heavy atom. The summed E-state index contributed by atoms with van der Waals surface area (Å²) in [4.78, 5) is 27.4. The van der Waals surface area contributed by atoms with Gasteiger partial charge in [-0.2, -0.15) is 0 Å². The zero-order valence-corrected chi connectivity index (χ0v) is 18.5. The first kappa shape index (κ1) is 21.6. The lowest BCUT2D eigenvalue weighted by Gasteiger charge is -2.14. The van der Waals surface area contributed by atoms with Gasteiger partial charge in [-0.25, -0.2) is 4.79 Å². The lowest BCUT2D eigenvalue weighted by Crippen LogP contribution is -2.43. The van der Waals surface area contributed by atoms with E-state index in [-0.39, 0.29) is 18.1 Å². The summed E-state index contributed by atoms with van der Waals surface area (Å²) >= 11 is 1.22.